The average Bonchev–Trinajstić information content (AvgIpc) is 2.67. The number of rotatable bonds is 2. The van der Waals surface area contributed by atoms with Crippen molar-refractivity contribution in [2.45, 2.75) is 25.6 Å². The van der Waals surface area contributed by atoms with Gasteiger partial charge < -0.3 is 9.94 Å². The molecule has 0 aromatic heterocycles. The van der Waals surface area contributed by atoms with E-state index in [0.717, 1.165) is 0 Å². The fourth-order valence-corrected chi connectivity index (χ4v) is 1.91. The van der Waals surface area contributed by atoms with Crippen LogP contribution < -0.4 is 0 Å². The molecule has 1 aliphatic rings. The van der Waals surface area contributed by atoms with Gasteiger partial charge in [-0.2, -0.15) is 5.26 Å². The topological polar surface area (TPSA) is 65.6 Å². The van der Waals surface area contributed by atoms with Gasteiger partial charge in [0.05, 0.1) is 17.3 Å². The number of aliphatic hydroxyl groups excluding tert-OH is 1. The predicted octanol–water partition coefficient (Wildman–Crippen LogP) is 2.31. The third-order valence-electron chi connectivity index (χ3n) is 3.29. The normalized spacial score (nSPS) is 24.1. The lowest BCUT2D eigenvalue weighted by Gasteiger charge is -2.29. The molecule has 18 heavy (non-hydrogen) atoms. The molecule has 1 N–H and O–H groups in total. The Kier molecular flexibility index (Phi) is 2.93. The maximum absolute atomic E-state index is 10.4. The molecule has 0 radical (unpaired) electrons. The first-order valence-corrected chi connectivity index (χ1v) is 5.59. The van der Waals surface area contributed by atoms with Crippen LogP contribution in [0.2, 0.25) is 0 Å². The second-order valence-electron chi connectivity index (χ2n) is 4.49. The van der Waals surface area contributed by atoms with Crippen LogP contribution >= 0.6 is 0 Å². The fourth-order valence-electron chi connectivity index (χ4n) is 1.91. The lowest BCUT2D eigenvalue weighted by molar-refractivity contribution is -0.0746. The Morgan fingerprint density at radius 3 is 2.50 bits per heavy atom. The zero-order valence-corrected chi connectivity index (χ0v) is 10.3. The van der Waals surface area contributed by atoms with E-state index < -0.39 is 11.7 Å². The van der Waals surface area contributed by atoms with Crippen LogP contribution in [0.1, 0.15) is 31.1 Å². The molecule has 1 heterocycles. The minimum Gasteiger partial charge on any atom is -0.384 e. The Hall–Kier alpha value is -2.12. The molecule has 1 aromatic carbocycles. The highest BCUT2D eigenvalue weighted by atomic mass is 16.7. The SMILES string of the molecule is C=C1C(C)=NO[C@@]1(C)[C@@H](O)c1ccc(C#N)cc1. The van der Waals surface area contributed by atoms with Gasteiger partial charge in [0.1, 0.15) is 6.10 Å². The van der Waals surface area contributed by atoms with Crippen molar-refractivity contribution in [1.82, 2.24) is 0 Å². The Balaban J connectivity index is 2.29. The molecule has 0 bridgehead atoms. The molecule has 0 spiro atoms. The number of aliphatic hydroxyl groups is 1. The van der Waals surface area contributed by atoms with E-state index in [1.165, 1.54) is 0 Å². The van der Waals surface area contributed by atoms with Gasteiger partial charge in [-0.3, -0.25) is 0 Å². The van der Waals surface area contributed by atoms with E-state index in [4.69, 9.17) is 10.1 Å². The summed E-state index contributed by atoms with van der Waals surface area (Å²) < 4.78 is 0. The molecular formula is C14H14N2O2. The molecule has 4 heteroatoms. The lowest BCUT2D eigenvalue weighted by Crippen LogP contribution is -2.35. The third-order valence-corrected chi connectivity index (χ3v) is 3.29. The Morgan fingerprint density at radius 2 is 2.06 bits per heavy atom. The van der Waals surface area contributed by atoms with Crippen molar-refractivity contribution in [3.8, 4) is 6.07 Å². The molecule has 1 aromatic rings. The molecule has 92 valence electrons. The molecule has 0 unspecified atom stereocenters. The lowest BCUT2D eigenvalue weighted by atomic mass is 9.85. The Bertz CT molecular complexity index is 554. The molecule has 0 amide bonds. The first kappa shape index (κ1) is 12.3. The van der Waals surface area contributed by atoms with Gasteiger partial charge in [0.15, 0.2) is 5.60 Å². The van der Waals surface area contributed by atoms with Gasteiger partial charge in [0.2, 0.25) is 0 Å². The van der Waals surface area contributed by atoms with Crippen molar-refractivity contribution < 1.29 is 9.94 Å². The van der Waals surface area contributed by atoms with E-state index in [9.17, 15) is 5.11 Å². The van der Waals surface area contributed by atoms with Crippen molar-refractivity contribution in [3.63, 3.8) is 0 Å². The largest absolute Gasteiger partial charge is 0.384 e. The van der Waals surface area contributed by atoms with Gasteiger partial charge in [0, 0.05) is 5.57 Å². The number of hydrogen-bond acceptors (Lipinski definition) is 4. The first-order valence-electron chi connectivity index (χ1n) is 5.59. The quantitative estimate of drug-likeness (QED) is 0.865. The van der Waals surface area contributed by atoms with E-state index in [1.807, 2.05) is 6.07 Å². The smallest absolute Gasteiger partial charge is 0.190 e. The van der Waals surface area contributed by atoms with E-state index in [2.05, 4.69) is 11.7 Å². The Morgan fingerprint density at radius 1 is 1.44 bits per heavy atom. The highest BCUT2D eigenvalue weighted by molar-refractivity contribution is 6.00. The molecule has 2 rings (SSSR count). The fraction of sp³-hybridized carbons (Fsp3) is 0.286. The van der Waals surface area contributed by atoms with Gasteiger partial charge >= 0.3 is 0 Å². The third kappa shape index (κ3) is 1.79. The number of hydrogen-bond donors (Lipinski definition) is 1. The summed E-state index contributed by atoms with van der Waals surface area (Å²) >= 11 is 0. The second-order valence-corrected chi connectivity index (χ2v) is 4.49. The van der Waals surface area contributed by atoms with E-state index in [1.54, 1.807) is 38.1 Å². The van der Waals surface area contributed by atoms with Crippen LogP contribution in [-0.4, -0.2) is 16.4 Å². The average molecular weight is 242 g/mol. The summed E-state index contributed by atoms with van der Waals surface area (Å²) in [5.41, 5.74) is 1.62. The van der Waals surface area contributed by atoms with Gasteiger partial charge in [-0.15, -0.1) is 0 Å². The van der Waals surface area contributed by atoms with Crippen molar-refractivity contribution in [1.29, 1.82) is 5.26 Å². The summed E-state index contributed by atoms with van der Waals surface area (Å²) in [6, 6.07) is 8.77. The van der Waals surface area contributed by atoms with Crippen molar-refractivity contribution in [3.05, 3.63) is 47.5 Å². The van der Waals surface area contributed by atoms with Crippen molar-refractivity contribution in [2.24, 2.45) is 5.16 Å². The summed E-state index contributed by atoms with van der Waals surface area (Å²) in [5.74, 6) is 0. The summed E-state index contributed by atoms with van der Waals surface area (Å²) in [7, 11) is 0. The Labute approximate surface area is 106 Å². The molecule has 0 saturated carbocycles. The summed E-state index contributed by atoms with van der Waals surface area (Å²) in [6.07, 6.45) is -0.876. The summed E-state index contributed by atoms with van der Waals surface area (Å²) in [6.45, 7) is 7.44. The van der Waals surface area contributed by atoms with E-state index in [0.29, 0.717) is 22.4 Å². The van der Waals surface area contributed by atoms with Gasteiger partial charge in [-0.25, -0.2) is 0 Å². The minimum absolute atomic E-state index is 0.551. The van der Waals surface area contributed by atoms with Crippen LogP contribution in [0.25, 0.3) is 0 Å². The maximum Gasteiger partial charge on any atom is 0.190 e. The van der Waals surface area contributed by atoms with E-state index in [-0.39, 0.29) is 0 Å². The predicted molar refractivity (Wildman–Crippen MR) is 67.9 cm³/mol. The molecule has 1 aliphatic heterocycles. The van der Waals surface area contributed by atoms with Gasteiger partial charge in [-0.1, -0.05) is 23.9 Å². The maximum atomic E-state index is 10.4. The summed E-state index contributed by atoms with van der Waals surface area (Å²) in [4.78, 5) is 5.31. The van der Waals surface area contributed by atoms with E-state index >= 15 is 0 Å². The molecule has 0 aliphatic carbocycles. The van der Waals surface area contributed by atoms with Crippen LogP contribution in [0.3, 0.4) is 0 Å². The zero-order chi connectivity index (χ0) is 13.3. The number of oxime groups is 1. The molecule has 4 nitrogen and oxygen atoms in total. The molecule has 0 saturated heterocycles. The monoisotopic (exact) mass is 242 g/mol. The van der Waals surface area contributed by atoms with Crippen molar-refractivity contribution in [2.75, 3.05) is 0 Å². The highest BCUT2D eigenvalue weighted by Crippen LogP contribution is 2.39. The van der Waals surface area contributed by atoms with Crippen molar-refractivity contribution >= 4 is 5.71 Å². The van der Waals surface area contributed by atoms with Crippen LogP contribution in [0.15, 0.2) is 41.6 Å². The zero-order valence-electron chi connectivity index (χ0n) is 10.3. The number of benzene rings is 1. The summed E-state index contributed by atoms with van der Waals surface area (Å²) in [5, 5.41) is 23.0. The molecular weight excluding hydrogens is 228 g/mol. The second kappa shape index (κ2) is 4.28. The standard InChI is InChI=1S/C14H14N2O2/c1-9-10(2)16-18-14(9,3)13(17)12-6-4-11(8-15)5-7-12/h4-7,13,17H,1H2,2-3H3/t13-,14+/m0/s1. The number of nitrogens with zero attached hydrogens (tertiary/aromatic N) is 2. The van der Waals surface area contributed by atoms with Crippen LogP contribution in [0, 0.1) is 11.3 Å². The van der Waals surface area contributed by atoms with Crippen LogP contribution in [-0.2, 0) is 4.84 Å². The van der Waals surface area contributed by atoms with Gasteiger partial charge in [0.25, 0.3) is 0 Å². The van der Waals surface area contributed by atoms with Gasteiger partial charge in [-0.05, 0) is 31.5 Å². The minimum atomic E-state index is -0.946. The molecule has 2 atom stereocenters. The molecule has 0 fully saturated rings. The first-order chi connectivity index (χ1) is 8.49. The number of nitriles is 1. The highest BCUT2D eigenvalue weighted by Gasteiger charge is 2.44. The van der Waals surface area contributed by atoms with Crippen LogP contribution in [0.4, 0.5) is 0 Å². The van der Waals surface area contributed by atoms with Crippen LogP contribution in [0.5, 0.6) is 0 Å².